The van der Waals surface area contributed by atoms with Gasteiger partial charge in [0.25, 0.3) is 5.91 Å². The number of benzene rings is 1. The van der Waals surface area contributed by atoms with Crippen molar-refractivity contribution >= 4 is 29.4 Å². The van der Waals surface area contributed by atoms with Crippen LogP contribution in [0, 0.1) is 0 Å². The molecule has 0 radical (unpaired) electrons. The molecule has 2 amide bonds. The predicted octanol–water partition coefficient (Wildman–Crippen LogP) is 1.58. The molecule has 2 N–H and O–H groups in total. The highest BCUT2D eigenvalue weighted by Gasteiger charge is 2.27. The van der Waals surface area contributed by atoms with Gasteiger partial charge in [-0.25, -0.2) is 9.48 Å². The fourth-order valence-corrected chi connectivity index (χ4v) is 2.50. The van der Waals surface area contributed by atoms with Crippen molar-refractivity contribution in [3.05, 3.63) is 47.2 Å². The van der Waals surface area contributed by atoms with Crippen molar-refractivity contribution in [2.45, 2.75) is 19.9 Å². The molecule has 0 aliphatic carbocycles. The summed E-state index contributed by atoms with van der Waals surface area (Å²) in [5, 5.41) is 16.5. The quantitative estimate of drug-likeness (QED) is 0.761. The van der Waals surface area contributed by atoms with Crippen LogP contribution in [-0.2, 0) is 9.59 Å². The number of aliphatic carboxylic acids is 1. The summed E-state index contributed by atoms with van der Waals surface area (Å²) >= 11 is 5.96. The van der Waals surface area contributed by atoms with Crippen molar-refractivity contribution in [2.75, 3.05) is 13.1 Å². The van der Waals surface area contributed by atoms with Crippen LogP contribution in [0.4, 0.5) is 0 Å². The minimum Gasteiger partial charge on any atom is -0.480 e. The van der Waals surface area contributed by atoms with E-state index in [1.54, 1.807) is 24.3 Å². The number of carbonyl (C=O) groups is 3. The Hall–Kier alpha value is -2.87. The zero-order valence-electron chi connectivity index (χ0n) is 14.3. The van der Waals surface area contributed by atoms with Gasteiger partial charge in [0, 0.05) is 31.2 Å². The number of nitrogens with zero attached hydrogens (tertiary/aromatic N) is 3. The number of rotatable bonds is 7. The first kappa shape index (κ1) is 19.5. The number of amides is 2. The fraction of sp³-hybridized carbons (Fsp3) is 0.294. The van der Waals surface area contributed by atoms with Crippen molar-refractivity contribution in [3.8, 4) is 5.69 Å². The van der Waals surface area contributed by atoms with Crippen LogP contribution in [0.1, 0.15) is 24.2 Å². The van der Waals surface area contributed by atoms with Crippen LogP contribution < -0.4 is 5.32 Å². The maximum absolute atomic E-state index is 12.7. The molecule has 0 spiro atoms. The van der Waals surface area contributed by atoms with E-state index in [2.05, 4.69) is 10.4 Å². The first-order valence-electron chi connectivity index (χ1n) is 7.88. The molecule has 0 fully saturated rings. The van der Waals surface area contributed by atoms with Gasteiger partial charge in [0.05, 0.1) is 17.4 Å². The van der Waals surface area contributed by atoms with Gasteiger partial charge in [-0.15, -0.1) is 0 Å². The SMILES string of the molecule is CC(=O)NCCN(C(=O)c1cnn(-c2cccc(Cl)c2)c1)C(C)C(=O)O. The van der Waals surface area contributed by atoms with Crippen LogP contribution in [0.5, 0.6) is 0 Å². The van der Waals surface area contributed by atoms with E-state index in [-0.39, 0.29) is 24.6 Å². The summed E-state index contributed by atoms with van der Waals surface area (Å²) in [5.41, 5.74) is 0.911. The van der Waals surface area contributed by atoms with E-state index in [1.807, 2.05) is 0 Å². The second-order valence-electron chi connectivity index (χ2n) is 5.65. The molecule has 2 rings (SSSR count). The van der Waals surface area contributed by atoms with Crippen molar-refractivity contribution in [1.29, 1.82) is 0 Å². The number of halogens is 1. The lowest BCUT2D eigenvalue weighted by Gasteiger charge is -2.26. The largest absolute Gasteiger partial charge is 0.480 e. The molecule has 1 unspecified atom stereocenters. The zero-order chi connectivity index (χ0) is 19.3. The van der Waals surface area contributed by atoms with Gasteiger partial charge in [-0.1, -0.05) is 17.7 Å². The third-order valence-corrected chi connectivity index (χ3v) is 3.95. The molecule has 9 heteroatoms. The van der Waals surface area contributed by atoms with E-state index in [1.165, 1.54) is 35.8 Å². The van der Waals surface area contributed by atoms with Gasteiger partial charge in [-0.05, 0) is 25.1 Å². The molecule has 1 aromatic heterocycles. The Morgan fingerprint density at radius 1 is 1.38 bits per heavy atom. The summed E-state index contributed by atoms with van der Waals surface area (Å²) in [7, 11) is 0. The lowest BCUT2D eigenvalue weighted by molar-refractivity contribution is -0.141. The summed E-state index contributed by atoms with van der Waals surface area (Å²) < 4.78 is 1.48. The summed E-state index contributed by atoms with van der Waals surface area (Å²) in [6, 6.07) is 5.90. The van der Waals surface area contributed by atoms with Gasteiger partial charge in [0.2, 0.25) is 5.91 Å². The summed E-state index contributed by atoms with van der Waals surface area (Å²) in [6.07, 6.45) is 2.87. The number of carboxylic acids is 1. The molecular formula is C17H19ClN4O4. The molecule has 1 heterocycles. The highest BCUT2D eigenvalue weighted by atomic mass is 35.5. The zero-order valence-corrected chi connectivity index (χ0v) is 15.1. The monoisotopic (exact) mass is 378 g/mol. The number of carboxylic acid groups (broad SMARTS) is 1. The molecule has 26 heavy (non-hydrogen) atoms. The molecule has 8 nitrogen and oxygen atoms in total. The van der Waals surface area contributed by atoms with Gasteiger partial charge in [0.1, 0.15) is 6.04 Å². The average Bonchev–Trinajstić information content (AvgIpc) is 3.07. The Morgan fingerprint density at radius 3 is 2.73 bits per heavy atom. The lowest BCUT2D eigenvalue weighted by Crippen LogP contribution is -2.46. The summed E-state index contributed by atoms with van der Waals surface area (Å²) in [4.78, 5) is 36.2. The van der Waals surface area contributed by atoms with E-state index in [4.69, 9.17) is 11.6 Å². The first-order chi connectivity index (χ1) is 12.3. The predicted molar refractivity (Wildman–Crippen MR) is 95.4 cm³/mol. The molecular weight excluding hydrogens is 360 g/mol. The highest BCUT2D eigenvalue weighted by Crippen LogP contribution is 2.16. The average molecular weight is 379 g/mol. The van der Waals surface area contributed by atoms with Crippen LogP contribution in [0.3, 0.4) is 0 Å². The minimum absolute atomic E-state index is 0.0637. The topological polar surface area (TPSA) is 105 Å². The Kier molecular flexibility index (Phi) is 6.35. The number of hydrogen-bond donors (Lipinski definition) is 2. The Morgan fingerprint density at radius 2 is 2.12 bits per heavy atom. The molecule has 0 aliphatic rings. The molecule has 2 aromatic rings. The van der Waals surface area contributed by atoms with Crippen molar-refractivity contribution in [3.63, 3.8) is 0 Å². The molecule has 0 saturated carbocycles. The Balaban J connectivity index is 2.22. The minimum atomic E-state index is -1.14. The van der Waals surface area contributed by atoms with E-state index >= 15 is 0 Å². The van der Waals surface area contributed by atoms with Crippen LogP contribution in [0.15, 0.2) is 36.7 Å². The van der Waals surface area contributed by atoms with E-state index < -0.39 is 17.9 Å². The second-order valence-corrected chi connectivity index (χ2v) is 6.09. The molecule has 1 atom stereocenters. The van der Waals surface area contributed by atoms with E-state index in [9.17, 15) is 19.5 Å². The van der Waals surface area contributed by atoms with Gasteiger partial charge in [0.15, 0.2) is 0 Å². The highest BCUT2D eigenvalue weighted by molar-refractivity contribution is 6.30. The standard InChI is InChI=1S/C17H19ClN4O4/c1-11(17(25)26)21(7-6-19-12(2)23)16(24)13-9-20-22(10-13)15-5-3-4-14(18)8-15/h3-5,8-11H,6-7H2,1-2H3,(H,19,23)(H,25,26). The van der Waals surface area contributed by atoms with Crippen LogP contribution in [-0.4, -0.2) is 56.7 Å². The van der Waals surface area contributed by atoms with Crippen LogP contribution >= 0.6 is 11.6 Å². The summed E-state index contributed by atoms with van der Waals surface area (Å²) in [6.45, 7) is 2.98. The lowest BCUT2D eigenvalue weighted by atomic mass is 10.2. The number of hydrogen-bond acceptors (Lipinski definition) is 4. The molecule has 0 saturated heterocycles. The Bertz CT molecular complexity index is 821. The third-order valence-electron chi connectivity index (χ3n) is 3.71. The molecule has 0 aliphatic heterocycles. The van der Waals surface area contributed by atoms with Crippen LogP contribution in [0.2, 0.25) is 5.02 Å². The third kappa shape index (κ3) is 4.82. The molecule has 1 aromatic carbocycles. The summed E-state index contributed by atoms with van der Waals surface area (Å²) in [5.74, 6) is -1.88. The fourth-order valence-electron chi connectivity index (χ4n) is 2.32. The first-order valence-corrected chi connectivity index (χ1v) is 8.26. The van der Waals surface area contributed by atoms with Gasteiger partial charge in [-0.2, -0.15) is 5.10 Å². The Labute approximate surface area is 155 Å². The van der Waals surface area contributed by atoms with Gasteiger partial charge >= 0.3 is 5.97 Å². The van der Waals surface area contributed by atoms with E-state index in [0.717, 1.165) is 0 Å². The molecule has 138 valence electrons. The second kappa shape index (κ2) is 8.48. The van der Waals surface area contributed by atoms with Crippen molar-refractivity contribution in [1.82, 2.24) is 20.0 Å². The normalized spacial score (nSPS) is 11.7. The van der Waals surface area contributed by atoms with Crippen LogP contribution in [0.25, 0.3) is 5.69 Å². The van der Waals surface area contributed by atoms with Gasteiger partial charge in [-0.3, -0.25) is 9.59 Å². The van der Waals surface area contributed by atoms with Crippen molar-refractivity contribution in [2.24, 2.45) is 0 Å². The maximum Gasteiger partial charge on any atom is 0.326 e. The van der Waals surface area contributed by atoms with Crippen molar-refractivity contribution < 1.29 is 19.5 Å². The maximum atomic E-state index is 12.7. The number of carbonyl (C=O) groups excluding carboxylic acids is 2. The number of aromatic nitrogens is 2. The van der Waals surface area contributed by atoms with E-state index in [0.29, 0.717) is 10.7 Å². The number of nitrogens with one attached hydrogen (secondary N) is 1. The van der Waals surface area contributed by atoms with Gasteiger partial charge < -0.3 is 15.3 Å². The molecule has 0 bridgehead atoms. The smallest absolute Gasteiger partial charge is 0.326 e.